The molecule has 10 nitrogen and oxygen atoms in total. The number of carbonyl (C=O) groups is 1. The van der Waals surface area contributed by atoms with Gasteiger partial charge in [-0.05, 0) is 13.0 Å². The van der Waals surface area contributed by atoms with Crippen LogP contribution in [0.4, 0.5) is 37.8 Å². The van der Waals surface area contributed by atoms with Gasteiger partial charge in [-0.15, -0.1) is 0 Å². The zero-order chi connectivity index (χ0) is 28.6. The average molecular weight is 578 g/mol. The normalized spacial score (nSPS) is 19.0. The van der Waals surface area contributed by atoms with E-state index in [1.807, 2.05) is 4.98 Å². The fourth-order valence-corrected chi connectivity index (χ4v) is 4.50. The predicted octanol–water partition coefficient (Wildman–Crippen LogP) is 2.02. The summed E-state index contributed by atoms with van der Waals surface area (Å²) in [5.74, 6) is -0.257. The summed E-state index contributed by atoms with van der Waals surface area (Å²) in [6.07, 6.45) is -7.81. The van der Waals surface area contributed by atoms with E-state index in [1.54, 1.807) is 9.80 Å². The monoisotopic (exact) mass is 577 g/mol. The van der Waals surface area contributed by atoms with E-state index >= 15 is 0 Å². The molecule has 211 valence electrons. The van der Waals surface area contributed by atoms with Gasteiger partial charge in [-0.3, -0.25) is 9.59 Å². The zero-order valence-corrected chi connectivity index (χ0v) is 21.4. The molecule has 0 bridgehead atoms. The first-order chi connectivity index (χ1) is 18.2. The van der Waals surface area contributed by atoms with E-state index in [0.29, 0.717) is 12.7 Å². The van der Waals surface area contributed by atoms with Crippen LogP contribution < -0.4 is 20.5 Å². The van der Waals surface area contributed by atoms with Gasteiger partial charge in [0.05, 0.1) is 47.8 Å². The number of H-pyrrole nitrogens is 1. The molecule has 2 aliphatic rings. The number of alkyl halides is 6. The summed E-state index contributed by atoms with van der Waals surface area (Å²) in [5.41, 5.74) is -4.24. The highest BCUT2D eigenvalue weighted by atomic mass is 28.1. The minimum atomic E-state index is -4.87. The largest absolute Gasteiger partial charge is 0.473 e. The van der Waals surface area contributed by atoms with Crippen molar-refractivity contribution in [1.29, 1.82) is 0 Å². The van der Waals surface area contributed by atoms with Crippen LogP contribution in [0.1, 0.15) is 24.6 Å². The lowest BCUT2D eigenvalue weighted by Gasteiger charge is -2.44. The van der Waals surface area contributed by atoms with Gasteiger partial charge in [0.1, 0.15) is 12.2 Å². The number of aromatic nitrogens is 3. The molecule has 0 aromatic carbocycles. The predicted molar refractivity (Wildman–Crippen MR) is 126 cm³/mol. The molecule has 1 amide bonds. The molecule has 0 saturated carbocycles. The molecular weight excluding hydrogens is 554 g/mol. The minimum absolute atomic E-state index is 0.0139. The molecule has 39 heavy (non-hydrogen) atoms. The van der Waals surface area contributed by atoms with Gasteiger partial charge in [0, 0.05) is 31.0 Å². The second-order valence-electron chi connectivity index (χ2n) is 9.23. The second-order valence-corrected chi connectivity index (χ2v) is 10.3. The highest BCUT2D eigenvalue weighted by molar-refractivity contribution is 6.16. The number of halogens is 6. The number of carbonyl (C=O) groups excluding carboxylic acids is 1. The summed E-state index contributed by atoms with van der Waals surface area (Å²) in [6, 6.07) is 0.758. The first-order valence-electron chi connectivity index (χ1n) is 11.7. The van der Waals surface area contributed by atoms with Gasteiger partial charge in [-0.1, -0.05) is 0 Å². The third kappa shape index (κ3) is 6.63. The molecule has 2 atom stereocenters. The Balaban J connectivity index is 1.27. The first kappa shape index (κ1) is 28.7. The Morgan fingerprint density at radius 2 is 2.00 bits per heavy atom. The van der Waals surface area contributed by atoms with Gasteiger partial charge in [0.25, 0.3) is 11.4 Å². The van der Waals surface area contributed by atoms with Crippen LogP contribution in [0, 0.1) is 0 Å². The maximum Gasteiger partial charge on any atom is 0.435 e. The van der Waals surface area contributed by atoms with Crippen LogP contribution in [0.3, 0.4) is 0 Å². The summed E-state index contributed by atoms with van der Waals surface area (Å²) >= 11 is 0. The molecular formula is C22H23F6N6O4Si. The number of nitrogens with zero attached hydrogens (tertiary/aromatic N) is 4. The van der Waals surface area contributed by atoms with E-state index in [2.05, 4.69) is 25.5 Å². The van der Waals surface area contributed by atoms with E-state index in [9.17, 15) is 35.9 Å². The lowest BCUT2D eigenvalue weighted by atomic mass is 10.1. The number of hydrogen-bond donors (Lipinski definition) is 2. The van der Waals surface area contributed by atoms with Crippen molar-refractivity contribution in [3.05, 3.63) is 40.1 Å². The Morgan fingerprint density at radius 1 is 1.26 bits per heavy atom. The molecule has 17 heteroatoms. The van der Waals surface area contributed by atoms with E-state index in [-0.39, 0.29) is 63.0 Å². The minimum Gasteiger partial charge on any atom is -0.473 e. The van der Waals surface area contributed by atoms with Gasteiger partial charge >= 0.3 is 12.4 Å². The second kappa shape index (κ2) is 10.7. The van der Waals surface area contributed by atoms with Crippen molar-refractivity contribution in [3.8, 4) is 5.88 Å². The van der Waals surface area contributed by atoms with Crippen molar-refractivity contribution < 1.29 is 40.6 Å². The number of anilines is 2. The van der Waals surface area contributed by atoms with Crippen molar-refractivity contribution in [2.24, 2.45) is 0 Å². The fraction of sp³-hybridized carbons (Fsp3) is 0.545. The molecule has 2 N–H and O–H groups in total. The molecule has 2 aromatic heterocycles. The topological polar surface area (TPSA) is 113 Å². The van der Waals surface area contributed by atoms with Crippen molar-refractivity contribution >= 4 is 27.7 Å². The van der Waals surface area contributed by atoms with Gasteiger partial charge in [0.15, 0.2) is 11.5 Å². The van der Waals surface area contributed by atoms with E-state index in [1.165, 1.54) is 6.92 Å². The van der Waals surface area contributed by atoms with Gasteiger partial charge in [-0.25, -0.2) is 9.97 Å². The number of pyridine rings is 1. The van der Waals surface area contributed by atoms with E-state index in [4.69, 9.17) is 9.47 Å². The molecule has 2 unspecified atom stereocenters. The molecule has 4 heterocycles. The molecule has 2 aromatic rings. The Kier molecular flexibility index (Phi) is 7.84. The number of hydrogen-bond acceptors (Lipinski definition) is 8. The van der Waals surface area contributed by atoms with Crippen molar-refractivity contribution in [2.45, 2.75) is 36.9 Å². The number of amides is 1. The smallest absolute Gasteiger partial charge is 0.435 e. The Labute approximate surface area is 221 Å². The highest BCUT2D eigenvalue weighted by Crippen LogP contribution is 2.36. The standard InChI is InChI=1S/C22H23F6N6O4Si/c1-20(39,32-13-2-4-29-18(36)16(13)22(26,27)28)11-37-7-3-15(35)33-5-6-34-12(9-33)10-38-19-17(34)30-8-14(31-19)21(23,24)25/h2,4,8,12H,3,5-7,9-11H2,1H3,(H2,29,32,36). The zero-order valence-electron chi connectivity index (χ0n) is 20.4. The number of fused-ring (bicyclic) bond motifs is 3. The number of rotatable bonds is 7. The number of ether oxygens (including phenoxy) is 2. The average Bonchev–Trinajstić information content (AvgIpc) is 2.84. The molecule has 0 aliphatic carbocycles. The highest BCUT2D eigenvalue weighted by Gasteiger charge is 2.40. The molecule has 4 rings (SSSR count). The molecule has 3 radical (unpaired) electrons. The molecule has 2 aliphatic heterocycles. The number of piperazine rings is 1. The van der Waals surface area contributed by atoms with E-state index in [0.717, 1.165) is 12.3 Å². The molecule has 1 saturated heterocycles. The lowest BCUT2D eigenvalue weighted by Crippen LogP contribution is -2.59. The van der Waals surface area contributed by atoms with E-state index < -0.39 is 40.0 Å². The van der Waals surface area contributed by atoms with Crippen LogP contribution in [-0.2, 0) is 21.9 Å². The molecule has 0 spiro atoms. The first-order valence-corrected chi connectivity index (χ1v) is 12.2. The summed E-state index contributed by atoms with van der Waals surface area (Å²) in [4.78, 5) is 37.1. The van der Waals surface area contributed by atoms with Crippen molar-refractivity contribution in [2.75, 3.05) is 49.7 Å². The van der Waals surface area contributed by atoms with Crippen molar-refractivity contribution in [3.63, 3.8) is 0 Å². The van der Waals surface area contributed by atoms with Gasteiger partial charge in [-0.2, -0.15) is 26.3 Å². The van der Waals surface area contributed by atoms with Crippen LogP contribution in [-0.4, -0.2) is 86.7 Å². The SMILES string of the molecule is CC([Si])(COCCC(=O)N1CCN2c3ncc(C(F)(F)F)nc3OCC2C1)Nc1cc[nH]c(=O)c1C(F)(F)F. The summed E-state index contributed by atoms with van der Waals surface area (Å²) < 4.78 is 89.5. The quantitative estimate of drug-likeness (QED) is 0.292. The van der Waals surface area contributed by atoms with Crippen LogP contribution in [0.15, 0.2) is 23.3 Å². The summed E-state index contributed by atoms with van der Waals surface area (Å²) in [6.45, 7) is 2.22. The molecule has 1 fully saturated rings. The Hall–Kier alpha value is -3.34. The van der Waals surface area contributed by atoms with Gasteiger partial charge in [0.2, 0.25) is 5.91 Å². The van der Waals surface area contributed by atoms with Crippen molar-refractivity contribution in [1.82, 2.24) is 19.9 Å². The van der Waals surface area contributed by atoms with Crippen LogP contribution in [0.25, 0.3) is 0 Å². The van der Waals surface area contributed by atoms with Gasteiger partial charge < -0.3 is 29.6 Å². The lowest BCUT2D eigenvalue weighted by molar-refractivity contribution is -0.142. The maximum absolute atomic E-state index is 13.3. The third-order valence-corrected chi connectivity index (χ3v) is 6.31. The summed E-state index contributed by atoms with van der Waals surface area (Å²) in [7, 11) is 3.31. The number of aromatic amines is 1. The Morgan fingerprint density at radius 3 is 2.69 bits per heavy atom. The Bertz CT molecular complexity index is 1270. The van der Waals surface area contributed by atoms with Crippen LogP contribution in [0.2, 0.25) is 0 Å². The number of nitrogens with one attached hydrogen (secondary N) is 2. The van der Waals surface area contributed by atoms with Crippen LogP contribution >= 0.6 is 0 Å². The van der Waals surface area contributed by atoms with Crippen LogP contribution in [0.5, 0.6) is 5.88 Å². The summed E-state index contributed by atoms with van der Waals surface area (Å²) in [5, 5.41) is 1.40. The fourth-order valence-electron chi connectivity index (χ4n) is 4.27. The third-order valence-electron chi connectivity index (χ3n) is 6.04. The maximum atomic E-state index is 13.3.